The lowest BCUT2D eigenvalue weighted by molar-refractivity contribution is 0.815. The molecule has 0 fully saturated rings. The van der Waals surface area contributed by atoms with E-state index < -0.39 is 0 Å². The van der Waals surface area contributed by atoms with Gasteiger partial charge in [0.2, 0.25) is 0 Å². The van der Waals surface area contributed by atoms with Crippen LogP contribution in [-0.2, 0) is 6.54 Å². The molecule has 2 aromatic rings. The summed E-state index contributed by atoms with van der Waals surface area (Å²) in [6, 6.07) is 9.68. The standard InChI is InChI=1S/C14H15BrClN3/c1-2-19(9-10-5-3-4-6-13(10)17)14-12(16)7-11(15)8-18-14/h3-8H,2,9,17H2,1H3. The number of nitrogens with two attached hydrogens (primary N) is 1. The van der Waals surface area contributed by atoms with E-state index in [0.29, 0.717) is 11.6 Å². The van der Waals surface area contributed by atoms with E-state index in [-0.39, 0.29) is 0 Å². The number of benzene rings is 1. The number of aromatic nitrogens is 1. The molecule has 0 amide bonds. The van der Waals surface area contributed by atoms with Crippen LogP contribution < -0.4 is 10.6 Å². The van der Waals surface area contributed by atoms with Crippen molar-refractivity contribution in [3.05, 3.63) is 51.6 Å². The smallest absolute Gasteiger partial charge is 0.147 e. The molecule has 0 unspecified atom stereocenters. The van der Waals surface area contributed by atoms with Crippen molar-refractivity contribution in [2.45, 2.75) is 13.5 Å². The van der Waals surface area contributed by atoms with E-state index in [0.717, 1.165) is 28.1 Å². The van der Waals surface area contributed by atoms with Gasteiger partial charge in [0.25, 0.3) is 0 Å². The van der Waals surface area contributed by atoms with E-state index in [9.17, 15) is 0 Å². The Balaban J connectivity index is 2.28. The predicted molar refractivity (Wildman–Crippen MR) is 84.5 cm³/mol. The summed E-state index contributed by atoms with van der Waals surface area (Å²) in [5, 5.41) is 0.630. The molecule has 0 saturated carbocycles. The topological polar surface area (TPSA) is 42.1 Å². The van der Waals surface area contributed by atoms with Crippen LogP contribution in [0.2, 0.25) is 5.02 Å². The third-order valence-corrected chi connectivity index (χ3v) is 3.60. The molecule has 0 bridgehead atoms. The van der Waals surface area contributed by atoms with Crippen molar-refractivity contribution in [1.29, 1.82) is 0 Å². The van der Waals surface area contributed by atoms with E-state index in [1.807, 2.05) is 30.3 Å². The SMILES string of the molecule is CCN(Cc1ccccc1N)c1ncc(Br)cc1Cl. The zero-order valence-electron chi connectivity index (χ0n) is 10.6. The van der Waals surface area contributed by atoms with E-state index in [2.05, 4.69) is 32.7 Å². The molecule has 0 aliphatic carbocycles. The van der Waals surface area contributed by atoms with Gasteiger partial charge in [0.1, 0.15) is 5.82 Å². The number of halogens is 2. The monoisotopic (exact) mass is 339 g/mol. The van der Waals surface area contributed by atoms with Crippen molar-refractivity contribution in [1.82, 2.24) is 4.98 Å². The van der Waals surface area contributed by atoms with Gasteiger partial charge in [-0.25, -0.2) is 4.98 Å². The fourth-order valence-electron chi connectivity index (χ4n) is 1.86. The molecule has 0 spiro atoms. The molecule has 100 valence electrons. The van der Waals surface area contributed by atoms with Gasteiger partial charge in [0.15, 0.2) is 0 Å². The summed E-state index contributed by atoms with van der Waals surface area (Å²) < 4.78 is 0.872. The van der Waals surface area contributed by atoms with E-state index >= 15 is 0 Å². The number of hydrogen-bond donors (Lipinski definition) is 1. The van der Waals surface area contributed by atoms with Crippen LogP contribution >= 0.6 is 27.5 Å². The summed E-state index contributed by atoms with van der Waals surface area (Å²) in [5.74, 6) is 0.774. The molecule has 1 aromatic heterocycles. The zero-order chi connectivity index (χ0) is 13.8. The number of para-hydroxylation sites is 1. The molecular formula is C14H15BrClN3. The average molecular weight is 341 g/mol. The maximum Gasteiger partial charge on any atom is 0.147 e. The first kappa shape index (κ1) is 14.2. The Bertz CT molecular complexity index is 574. The van der Waals surface area contributed by atoms with Crippen molar-refractivity contribution < 1.29 is 0 Å². The second kappa shape index (κ2) is 6.26. The number of pyridine rings is 1. The first-order valence-corrected chi connectivity index (χ1v) is 7.18. The quantitative estimate of drug-likeness (QED) is 0.852. The second-order valence-corrected chi connectivity index (χ2v) is 5.49. The Morgan fingerprint density at radius 2 is 2.11 bits per heavy atom. The zero-order valence-corrected chi connectivity index (χ0v) is 12.9. The van der Waals surface area contributed by atoms with Gasteiger partial charge >= 0.3 is 0 Å². The third-order valence-electron chi connectivity index (χ3n) is 2.89. The van der Waals surface area contributed by atoms with E-state index in [4.69, 9.17) is 17.3 Å². The van der Waals surface area contributed by atoms with Gasteiger partial charge in [-0.2, -0.15) is 0 Å². The highest BCUT2D eigenvalue weighted by Gasteiger charge is 2.12. The molecule has 1 aromatic carbocycles. The van der Waals surface area contributed by atoms with Crippen LogP contribution in [0.25, 0.3) is 0 Å². The lowest BCUT2D eigenvalue weighted by Gasteiger charge is -2.23. The van der Waals surface area contributed by atoms with Crippen LogP contribution in [0, 0.1) is 0 Å². The Morgan fingerprint density at radius 3 is 2.74 bits per heavy atom. The molecule has 5 heteroatoms. The summed E-state index contributed by atoms with van der Waals surface area (Å²) in [4.78, 5) is 6.48. The Kier molecular flexibility index (Phi) is 4.66. The number of anilines is 2. The van der Waals surface area contributed by atoms with Crippen LogP contribution in [0.1, 0.15) is 12.5 Å². The minimum absolute atomic E-state index is 0.630. The third kappa shape index (κ3) is 3.39. The summed E-state index contributed by atoms with van der Waals surface area (Å²) in [7, 11) is 0. The van der Waals surface area contributed by atoms with Crippen molar-refractivity contribution in [2.75, 3.05) is 17.2 Å². The van der Waals surface area contributed by atoms with Crippen molar-refractivity contribution in [3.63, 3.8) is 0 Å². The average Bonchev–Trinajstić information content (AvgIpc) is 2.39. The van der Waals surface area contributed by atoms with Crippen LogP contribution in [0.4, 0.5) is 11.5 Å². The van der Waals surface area contributed by atoms with E-state index in [1.165, 1.54) is 0 Å². The fraction of sp³-hybridized carbons (Fsp3) is 0.214. The normalized spacial score (nSPS) is 10.5. The van der Waals surface area contributed by atoms with Crippen molar-refractivity contribution in [3.8, 4) is 0 Å². The molecule has 2 N–H and O–H groups in total. The summed E-state index contributed by atoms with van der Waals surface area (Å²) in [6.45, 7) is 3.57. The highest BCUT2D eigenvalue weighted by atomic mass is 79.9. The summed E-state index contributed by atoms with van der Waals surface area (Å²) in [6.07, 6.45) is 1.75. The molecule has 19 heavy (non-hydrogen) atoms. The largest absolute Gasteiger partial charge is 0.398 e. The van der Waals surface area contributed by atoms with Crippen molar-refractivity contribution in [2.24, 2.45) is 0 Å². The van der Waals surface area contributed by atoms with Gasteiger partial charge in [-0.15, -0.1) is 0 Å². The first-order chi connectivity index (χ1) is 9.11. The van der Waals surface area contributed by atoms with Gasteiger partial charge in [0, 0.05) is 29.4 Å². The minimum Gasteiger partial charge on any atom is -0.398 e. The lowest BCUT2D eigenvalue weighted by atomic mass is 10.1. The summed E-state index contributed by atoms with van der Waals surface area (Å²) >= 11 is 9.60. The van der Waals surface area contributed by atoms with Crippen LogP contribution in [0.3, 0.4) is 0 Å². The fourth-order valence-corrected chi connectivity index (χ4v) is 2.61. The van der Waals surface area contributed by atoms with Gasteiger partial charge < -0.3 is 10.6 Å². The highest BCUT2D eigenvalue weighted by Crippen LogP contribution is 2.27. The molecule has 0 radical (unpaired) electrons. The Labute approximate surface area is 126 Å². The molecule has 0 saturated heterocycles. The molecule has 0 aliphatic rings. The lowest BCUT2D eigenvalue weighted by Crippen LogP contribution is -2.24. The van der Waals surface area contributed by atoms with Gasteiger partial charge in [-0.05, 0) is 40.5 Å². The molecule has 3 nitrogen and oxygen atoms in total. The number of hydrogen-bond acceptors (Lipinski definition) is 3. The molecule has 0 atom stereocenters. The van der Waals surface area contributed by atoms with Gasteiger partial charge in [-0.3, -0.25) is 0 Å². The maximum absolute atomic E-state index is 6.24. The van der Waals surface area contributed by atoms with Gasteiger partial charge in [0.05, 0.1) is 5.02 Å². The maximum atomic E-state index is 6.24. The Hall–Kier alpha value is -1.26. The first-order valence-electron chi connectivity index (χ1n) is 6.01. The molecular weight excluding hydrogens is 326 g/mol. The number of nitrogen functional groups attached to an aromatic ring is 1. The molecule has 0 aliphatic heterocycles. The highest BCUT2D eigenvalue weighted by molar-refractivity contribution is 9.10. The Morgan fingerprint density at radius 1 is 1.37 bits per heavy atom. The second-order valence-electron chi connectivity index (χ2n) is 4.17. The minimum atomic E-state index is 0.630. The van der Waals surface area contributed by atoms with Crippen LogP contribution in [-0.4, -0.2) is 11.5 Å². The van der Waals surface area contributed by atoms with Crippen LogP contribution in [0.5, 0.6) is 0 Å². The van der Waals surface area contributed by atoms with Crippen molar-refractivity contribution >= 4 is 39.0 Å². The van der Waals surface area contributed by atoms with Crippen LogP contribution in [0.15, 0.2) is 41.0 Å². The number of nitrogens with zero attached hydrogens (tertiary/aromatic N) is 2. The summed E-state index contributed by atoms with van der Waals surface area (Å²) in [5.41, 5.74) is 7.84. The molecule has 2 rings (SSSR count). The predicted octanol–water partition coefficient (Wildman–Crippen LogP) is 4.11. The van der Waals surface area contributed by atoms with E-state index in [1.54, 1.807) is 6.20 Å². The number of rotatable bonds is 4. The van der Waals surface area contributed by atoms with Gasteiger partial charge in [-0.1, -0.05) is 29.8 Å². The molecule has 1 heterocycles.